The second kappa shape index (κ2) is 7.23. The Labute approximate surface area is 166 Å². The topological polar surface area (TPSA) is 99.7 Å². The van der Waals surface area contributed by atoms with E-state index in [1.807, 2.05) is 0 Å². The first kappa shape index (κ1) is 19.0. The average Bonchev–Trinajstić information content (AvgIpc) is 2.92. The molecule has 0 bridgehead atoms. The van der Waals surface area contributed by atoms with Gasteiger partial charge in [0, 0.05) is 32.1 Å². The predicted octanol–water partition coefficient (Wildman–Crippen LogP) is 1.72. The third kappa shape index (κ3) is 3.12. The van der Waals surface area contributed by atoms with E-state index in [-0.39, 0.29) is 11.5 Å². The standard InChI is InChI=1S/C20H22N4O5/c1-11-18(12(2)29-22-11)20(26)23-6-5-17-21-14-10-16(28-4)15(27-3)9-13(14)19(25)24(17)8-7-23/h9-10H,5-8H2,1-4H3. The summed E-state index contributed by atoms with van der Waals surface area (Å²) in [5.41, 5.74) is 1.44. The maximum atomic E-state index is 13.1. The van der Waals surface area contributed by atoms with Gasteiger partial charge in [-0.05, 0) is 19.9 Å². The van der Waals surface area contributed by atoms with E-state index in [4.69, 9.17) is 14.0 Å². The van der Waals surface area contributed by atoms with Crippen molar-refractivity contribution < 1.29 is 18.8 Å². The molecule has 0 spiro atoms. The van der Waals surface area contributed by atoms with Gasteiger partial charge >= 0.3 is 0 Å². The number of carbonyl (C=O) groups excluding carboxylic acids is 1. The van der Waals surface area contributed by atoms with Gasteiger partial charge in [0.2, 0.25) is 0 Å². The Bertz CT molecular complexity index is 1140. The van der Waals surface area contributed by atoms with Gasteiger partial charge in [0.1, 0.15) is 17.1 Å². The van der Waals surface area contributed by atoms with Gasteiger partial charge < -0.3 is 18.9 Å². The molecule has 9 nitrogen and oxygen atoms in total. The van der Waals surface area contributed by atoms with Crippen LogP contribution >= 0.6 is 0 Å². The molecule has 0 N–H and O–H groups in total. The number of amides is 1. The maximum absolute atomic E-state index is 13.1. The van der Waals surface area contributed by atoms with Gasteiger partial charge in [0.25, 0.3) is 11.5 Å². The second-order valence-corrected chi connectivity index (χ2v) is 6.95. The minimum absolute atomic E-state index is 0.144. The van der Waals surface area contributed by atoms with Crippen LogP contribution in [-0.4, -0.2) is 52.8 Å². The van der Waals surface area contributed by atoms with E-state index >= 15 is 0 Å². The van der Waals surface area contributed by atoms with Crippen LogP contribution in [0.25, 0.3) is 10.9 Å². The normalized spacial score (nSPS) is 13.9. The van der Waals surface area contributed by atoms with E-state index in [1.165, 1.54) is 14.2 Å². The number of aromatic nitrogens is 3. The van der Waals surface area contributed by atoms with Crippen LogP contribution in [-0.2, 0) is 13.0 Å². The number of aryl methyl sites for hydroxylation is 2. The quantitative estimate of drug-likeness (QED) is 0.662. The molecular weight excluding hydrogens is 376 g/mol. The Morgan fingerprint density at radius 3 is 2.48 bits per heavy atom. The summed E-state index contributed by atoms with van der Waals surface area (Å²) in [5.74, 6) is 1.98. The number of methoxy groups -OCH3 is 2. The van der Waals surface area contributed by atoms with E-state index in [0.717, 1.165) is 0 Å². The SMILES string of the molecule is COc1cc2nc3n(c(=O)c2cc1OC)CCN(C(=O)c1c(C)noc1C)CC3. The number of fused-ring (bicyclic) bond motifs is 2. The Kier molecular flexibility index (Phi) is 4.73. The first-order valence-corrected chi connectivity index (χ1v) is 9.32. The molecular formula is C20H22N4O5. The van der Waals surface area contributed by atoms with Crippen molar-refractivity contribution in [3.05, 3.63) is 45.3 Å². The number of hydrogen-bond acceptors (Lipinski definition) is 7. The van der Waals surface area contributed by atoms with Gasteiger partial charge in [-0.25, -0.2) is 4.98 Å². The molecule has 0 radical (unpaired) electrons. The summed E-state index contributed by atoms with van der Waals surface area (Å²) >= 11 is 0. The highest BCUT2D eigenvalue weighted by atomic mass is 16.5. The van der Waals surface area contributed by atoms with Gasteiger partial charge in [-0.15, -0.1) is 0 Å². The van der Waals surface area contributed by atoms with Crippen molar-refractivity contribution in [1.29, 1.82) is 0 Å². The van der Waals surface area contributed by atoms with Crippen molar-refractivity contribution in [3.63, 3.8) is 0 Å². The Morgan fingerprint density at radius 1 is 1.10 bits per heavy atom. The van der Waals surface area contributed by atoms with E-state index < -0.39 is 0 Å². The van der Waals surface area contributed by atoms with Crippen LogP contribution in [0.1, 0.15) is 27.6 Å². The van der Waals surface area contributed by atoms with Gasteiger partial charge in [0.15, 0.2) is 11.5 Å². The molecule has 1 aliphatic rings. The minimum atomic E-state index is -0.155. The molecule has 29 heavy (non-hydrogen) atoms. The smallest absolute Gasteiger partial charge is 0.261 e. The Hall–Kier alpha value is -3.36. The van der Waals surface area contributed by atoms with E-state index in [2.05, 4.69) is 10.1 Å². The lowest BCUT2D eigenvalue weighted by molar-refractivity contribution is 0.0756. The molecule has 0 saturated carbocycles. The van der Waals surface area contributed by atoms with Crippen LogP contribution in [0.15, 0.2) is 21.5 Å². The minimum Gasteiger partial charge on any atom is -0.493 e. The average molecular weight is 398 g/mol. The molecule has 9 heteroatoms. The third-order valence-electron chi connectivity index (χ3n) is 5.27. The monoisotopic (exact) mass is 398 g/mol. The summed E-state index contributed by atoms with van der Waals surface area (Å²) in [7, 11) is 3.06. The van der Waals surface area contributed by atoms with Crippen LogP contribution in [0.3, 0.4) is 0 Å². The summed E-state index contributed by atoms with van der Waals surface area (Å²) in [5, 5.41) is 4.32. The highest BCUT2D eigenvalue weighted by Crippen LogP contribution is 2.30. The summed E-state index contributed by atoms with van der Waals surface area (Å²) in [4.78, 5) is 32.5. The third-order valence-corrected chi connectivity index (χ3v) is 5.27. The molecule has 3 heterocycles. The fourth-order valence-electron chi connectivity index (χ4n) is 3.73. The molecule has 0 unspecified atom stereocenters. The van der Waals surface area contributed by atoms with Crippen LogP contribution < -0.4 is 15.0 Å². The van der Waals surface area contributed by atoms with Gasteiger partial charge in [0.05, 0.1) is 30.8 Å². The summed E-state index contributed by atoms with van der Waals surface area (Å²) in [6.45, 7) is 4.68. The zero-order chi connectivity index (χ0) is 20.7. The summed E-state index contributed by atoms with van der Waals surface area (Å²) in [6, 6.07) is 3.35. The fraction of sp³-hybridized carbons (Fsp3) is 0.400. The van der Waals surface area contributed by atoms with Crippen LogP contribution in [0.4, 0.5) is 0 Å². The second-order valence-electron chi connectivity index (χ2n) is 6.95. The highest BCUT2D eigenvalue weighted by molar-refractivity contribution is 5.96. The molecule has 3 aromatic rings. The number of ether oxygens (including phenoxy) is 2. The molecule has 2 aromatic heterocycles. The maximum Gasteiger partial charge on any atom is 0.261 e. The Balaban J connectivity index is 1.71. The van der Waals surface area contributed by atoms with Gasteiger partial charge in [-0.1, -0.05) is 5.16 Å². The lowest BCUT2D eigenvalue weighted by Crippen LogP contribution is -2.34. The fourth-order valence-corrected chi connectivity index (χ4v) is 3.73. The number of hydrogen-bond donors (Lipinski definition) is 0. The molecule has 1 amide bonds. The van der Waals surface area contributed by atoms with Gasteiger partial charge in [-0.3, -0.25) is 14.2 Å². The first-order valence-electron chi connectivity index (χ1n) is 9.32. The van der Waals surface area contributed by atoms with Crippen molar-refractivity contribution in [3.8, 4) is 11.5 Å². The van der Waals surface area contributed by atoms with Crippen molar-refractivity contribution in [2.75, 3.05) is 27.3 Å². The number of benzene rings is 1. The van der Waals surface area contributed by atoms with Gasteiger partial charge in [-0.2, -0.15) is 0 Å². The molecule has 4 rings (SSSR count). The van der Waals surface area contributed by atoms with Crippen molar-refractivity contribution >= 4 is 16.8 Å². The molecule has 152 valence electrons. The van der Waals surface area contributed by atoms with Crippen LogP contribution in [0.5, 0.6) is 11.5 Å². The zero-order valence-corrected chi connectivity index (χ0v) is 16.8. The molecule has 1 aliphatic heterocycles. The molecule has 0 fully saturated rings. The molecule has 0 saturated heterocycles. The summed E-state index contributed by atoms with van der Waals surface area (Å²) < 4.78 is 17.4. The van der Waals surface area contributed by atoms with Crippen LogP contribution in [0, 0.1) is 13.8 Å². The number of rotatable bonds is 3. The summed E-state index contributed by atoms with van der Waals surface area (Å²) in [6.07, 6.45) is 0.467. The number of nitrogens with zero attached hydrogens (tertiary/aromatic N) is 4. The van der Waals surface area contributed by atoms with E-state index in [9.17, 15) is 9.59 Å². The van der Waals surface area contributed by atoms with E-state index in [0.29, 0.717) is 71.3 Å². The molecule has 1 aromatic carbocycles. The lowest BCUT2D eigenvalue weighted by Gasteiger charge is -2.19. The molecule has 0 atom stereocenters. The predicted molar refractivity (Wildman–Crippen MR) is 105 cm³/mol. The highest BCUT2D eigenvalue weighted by Gasteiger charge is 2.26. The van der Waals surface area contributed by atoms with Crippen molar-refractivity contribution in [2.24, 2.45) is 0 Å². The number of carbonyl (C=O) groups is 1. The molecule has 0 aliphatic carbocycles. The van der Waals surface area contributed by atoms with Crippen molar-refractivity contribution in [2.45, 2.75) is 26.8 Å². The zero-order valence-electron chi connectivity index (χ0n) is 16.8. The van der Waals surface area contributed by atoms with E-state index in [1.54, 1.807) is 35.4 Å². The lowest BCUT2D eigenvalue weighted by atomic mass is 10.1. The largest absolute Gasteiger partial charge is 0.493 e. The van der Waals surface area contributed by atoms with Crippen LogP contribution in [0.2, 0.25) is 0 Å². The first-order chi connectivity index (χ1) is 13.9. The Morgan fingerprint density at radius 2 is 1.83 bits per heavy atom. The van der Waals surface area contributed by atoms with Crippen molar-refractivity contribution in [1.82, 2.24) is 19.6 Å².